The molecule has 0 unspecified atom stereocenters. The largest absolute Gasteiger partial charge is 0.412 e. The Morgan fingerprint density at radius 2 is 0.923 bits per heavy atom. The Hall–Kier alpha value is -0.220. The van der Waals surface area contributed by atoms with Crippen LogP contribution >= 0.6 is 0 Å². The van der Waals surface area contributed by atoms with E-state index in [0.717, 1.165) is 0 Å². The minimum absolute atomic E-state index is 0. The van der Waals surface area contributed by atoms with Crippen molar-refractivity contribution in [2.75, 3.05) is 11.5 Å². The molecule has 0 aliphatic rings. The molecule has 0 aliphatic heterocycles. The second kappa shape index (κ2) is 7.21. The maximum Gasteiger partial charge on any atom is 0.264 e. The lowest BCUT2D eigenvalue weighted by atomic mass is 11.0. The van der Waals surface area contributed by atoms with Crippen molar-refractivity contribution in [1.82, 2.24) is 0 Å². The summed E-state index contributed by atoms with van der Waals surface area (Å²) in [6, 6.07) is 0. The molecule has 0 rings (SSSR count). The van der Waals surface area contributed by atoms with E-state index in [9.17, 15) is 16.8 Å². The molecule has 0 aromatic heterocycles. The second-order valence-corrected chi connectivity index (χ2v) is 5.22. The summed E-state index contributed by atoms with van der Waals surface area (Å²) < 4.78 is 53.8. The van der Waals surface area contributed by atoms with E-state index in [0.29, 0.717) is 0 Å². The van der Waals surface area contributed by atoms with Gasteiger partial charge in [0, 0.05) is 0 Å². The minimum atomic E-state index is -3.66. The first-order valence-electron chi connectivity index (χ1n) is 3.02. The zero-order chi connectivity index (χ0) is 10.4. The van der Waals surface area contributed by atoms with Crippen LogP contribution in [0.1, 0.15) is 13.8 Å². The molecular weight excluding hydrogens is 224 g/mol. The van der Waals surface area contributed by atoms with Crippen molar-refractivity contribution >= 4 is 20.2 Å². The molecule has 0 radical (unpaired) electrons. The molecule has 84 valence electrons. The van der Waals surface area contributed by atoms with Crippen molar-refractivity contribution in [2.45, 2.75) is 13.8 Å². The summed E-state index contributed by atoms with van der Waals surface area (Å²) in [6.07, 6.45) is 0. The van der Waals surface area contributed by atoms with Crippen LogP contribution in [0.25, 0.3) is 0 Å². The molecule has 9 heteroatoms. The van der Waals surface area contributed by atoms with E-state index >= 15 is 0 Å². The van der Waals surface area contributed by atoms with Crippen LogP contribution < -0.4 is 0 Å². The average Bonchev–Trinajstić information content (AvgIpc) is 1.86. The Bertz CT molecular complexity index is 254. The first kappa shape index (κ1) is 18.5. The van der Waals surface area contributed by atoms with Crippen molar-refractivity contribution in [3.05, 3.63) is 0 Å². The van der Waals surface area contributed by atoms with Crippen LogP contribution in [-0.4, -0.2) is 42.9 Å². The van der Waals surface area contributed by atoms with Crippen LogP contribution in [0.4, 0.5) is 0 Å². The van der Waals surface area contributed by atoms with Gasteiger partial charge in [-0.25, -0.2) is 0 Å². The molecular formula is C4H14O7S2. The molecule has 7 nitrogen and oxygen atoms in total. The van der Waals surface area contributed by atoms with Crippen molar-refractivity contribution in [1.29, 1.82) is 0 Å². The maximum atomic E-state index is 9.56. The molecule has 0 amide bonds. The van der Waals surface area contributed by atoms with Gasteiger partial charge in [-0.15, -0.1) is 0 Å². The van der Waals surface area contributed by atoms with Gasteiger partial charge in [-0.3, -0.25) is 9.11 Å². The molecule has 13 heavy (non-hydrogen) atoms. The fraction of sp³-hybridized carbons (Fsp3) is 1.00. The van der Waals surface area contributed by atoms with Gasteiger partial charge < -0.3 is 5.48 Å². The van der Waals surface area contributed by atoms with E-state index in [1.54, 1.807) is 0 Å². The van der Waals surface area contributed by atoms with Gasteiger partial charge in [-0.05, 0) is 13.8 Å². The fourth-order valence-corrected chi connectivity index (χ4v) is 0. The van der Waals surface area contributed by atoms with E-state index in [4.69, 9.17) is 9.11 Å². The monoisotopic (exact) mass is 238 g/mol. The van der Waals surface area contributed by atoms with Crippen LogP contribution in [0.3, 0.4) is 0 Å². The summed E-state index contributed by atoms with van der Waals surface area (Å²) in [5, 5.41) is 0. The third-order valence-electron chi connectivity index (χ3n) is 0.730. The molecule has 0 aliphatic carbocycles. The highest BCUT2D eigenvalue weighted by molar-refractivity contribution is 7.85. The summed E-state index contributed by atoms with van der Waals surface area (Å²) in [7, 11) is -7.32. The smallest absolute Gasteiger partial charge is 0.264 e. The first-order valence-corrected chi connectivity index (χ1v) is 6.24. The highest BCUT2D eigenvalue weighted by Crippen LogP contribution is 1.74. The highest BCUT2D eigenvalue weighted by Gasteiger charge is 1.93. The Morgan fingerprint density at radius 3 is 0.923 bits per heavy atom. The first-order chi connectivity index (χ1) is 5.12. The van der Waals surface area contributed by atoms with Crippen LogP contribution in [0.15, 0.2) is 0 Å². The Morgan fingerprint density at radius 1 is 0.846 bits per heavy atom. The highest BCUT2D eigenvalue weighted by atomic mass is 32.2. The normalized spacial score (nSPS) is 10.8. The van der Waals surface area contributed by atoms with Crippen LogP contribution in [0, 0.1) is 0 Å². The quantitative estimate of drug-likeness (QED) is 0.589. The summed E-state index contributed by atoms with van der Waals surface area (Å²) in [4.78, 5) is 0. The topological polar surface area (TPSA) is 140 Å². The summed E-state index contributed by atoms with van der Waals surface area (Å²) in [5.74, 6) is -0.403. The molecule has 0 spiro atoms. The molecule has 0 saturated heterocycles. The molecule has 0 saturated carbocycles. The van der Waals surface area contributed by atoms with Gasteiger partial charge in [0.05, 0.1) is 11.5 Å². The van der Waals surface area contributed by atoms with E-state index in [2.05, 4.69) is 0 Å². The van der Waals surface area contributed by atoms with Crippen LogP contribution in [0.2, 0.25) is 0 Å². The van der Waals surface area contributed by atoms with Gasteiger partial charge in [0.2, 0.25) is 0 Å². The van der Waals surface area contributed by atoms with Gasteiger partial charge in [0.15, 0.2) is 0 Å². The van der Waals surface area contributed by atoms with Gasteiger partial charge in [-0.2, -0.15) is 16.8 Å². The standard InChI is InChI=1S/2C2H6O3S.H2O/c2*1-2-6(3,4)5;/h2*2H2,1H3,(H,3,4,5);1H2. The van der Waals surface area contributed by atoms with E-state index in [1.165, 1.54) is 13.8 Å². The Labute approximate surface area is 77.6 Å². The van der Waals surface area contributed by atoms with E-state index < -0.39 is 20.2 Å². The minimum Gasteiger partial charge on any atom is -0.412 e. The molecule has 0 fully saturated rings. The second-order valence-electron chi connectivity index (χ2n) is 1.74. The zero-order valence-corrected chi connectivity index (χ0v) is 8.89. The van der Waals surface area contributed by atoms with E-state index in [-0.39, 0.29) is 17.0 Å². The average molecular weight is 238 g/mol. The lowest BCUT2D eigenvalue weighted by Gasteiger charge is -1.79. The van der Waals surface area contributed by atoms with Gasteiger partial charge >= 0.3 is 0 Å². The Balaban J connectivity index is -0.000000143. The van der Waals surface area contributed by atoms with Crippen molar-refractivity contribution in [2.24, 2.45) is 0 Å². The van der Waals surface area contributed by atoms with Crippen LogP contribution in [-0.2, 0) is 20.2 Å². The third-order valence-corrected chi connectivity index (χ3v) is 2.19. The molecule has 0 aromatic rings. The molecule has 0 atom stereocenters. The van der Waals surface area contributed by atoms with Crippen molar-refractivity contribution in [3.8, 4) is 0 Å². The third kappa shape index (κ3) is 33.7. The summed E-state index contributed by atoms with van der Waals surface area (Å²) in [6.45, 7) is 2.74. The lowest BCUT2D eigenvalue weighted by Crippen LogP contribution is -1.97. The zero-order valence-electron chi connectivity index (χ0n) is 7.26. The number of rotatable bonds is 2. The molecule has 0 heterocycles. The fourth-order valence-electron chi connectivity index (χ4n) is 0. The van der Waals surface area contributed by atoms with Crippen molar-refractivity contribution < 1.29 is 31.4 Å². The molecule has 0 aromatic carbocycles. The lowest BCUT2D eigenvalue weighted by molar-refractivity contribution is 0.482. The maximum absolute atomic E-state index is 9.56. The van der Waals surface area contributed by atoms with Crippen molar-refractivity contribution in [3.63, 3.8) is 0 Å². The number of hydrogen-bond acceptors (Lipinski definition) is 4. The molecule has 4 N–H and O–H groups in total. The van der Waals surface area contributed by atoms with Gasteiger partial charge in [0.25, 0.3) is 20.2 Å². The summed E-state index contributed by atoms with van der Waals surface area (Å²) >= 11 is 0. The van der Waals surface area contributed by atoms with Gasteiger partial charge in [-0.1, -0.05) is 0 Å². The SMILES string of the molecule is CCS(=O)(=O)O.CCS(=O)(=O)O.O. The predicted molar refractivity (Wildman–Crippen MR) is 47.8 cm³/mol. The van der Waals surface area contributed by atoms with Crippen LogP contribution in [0.5, 0.6) is 0 Å². The summed E-state index contributed by atoms with van der Waals surface area (Å²) in [5.41, 5.74) is 0. The van der Waals surface area contributed by atoms with E-state index in [1.807, 2.05) is 0 Å². The number of hydrogen-bond donors (Lipinski definition) is 2. The Kier molecular flexibility index (Phi) is 10.3. The molecule has 0 bridgehead atoms. The predicted octanol–water partition coefficient (Wildman–Crippen LogP) is -1.04. The van der Waals surface area contributed by atoms with Gasteiger partial charge in [0.1, 0.15) is 0 Å².